The van der Waals surface area contributed by atoms with Gasteiger partial charge in [-0.1, -0.05) is 12.1 Å². The van der Waals surface area contributed by atoms with Crippen molar-refractivity contribution in [3.05, 3.63) is 64.5 Å². The topological polar surface area (TPSA) is 32.3 Å². The summed E-state index contributed by atoms with van der Waals surface area (Å²) in [5.74, 6) is -11.2. The molecule has 1 amide bonds. The fraction of sp³-hybridized carbons (Fsp3) is 0.316. The molecule has 0 heterocycles. The van der Waals surface area contributed by atoms with E-state index in [1.165, 1.54) is 0 Å². The summed E-state index contributed by atoms with van der Waals surface area (Å²) in [6, 6.07) is 7.73. The van der Waals surface area contributed by atoms with Crippen molar-refractivity contribution in [2.24, 2.45) is 0 Å². The van der Waals surface area contributed by atoms with Gasteiger partial charge in [-0.05, 0) is 31.5 Å². The van der Waals surface area contributed by atoms with Gasteiger partial charge in [0.15, 0.2) is 23.3 Å². The van der Waals surface area contributed by atoms with Gasteiger partial charge in [0.05, 0.1) is 6.42 Å². The Morgan fingerprint density at radius 2 is 1.59 bits per heavy atom. The summed E-state index contributed by atoms with van der Waals surface area (Å²) in [6.07, 6.45) is -0.942. The third-order valence-electron chi connectivity index (χ3n) is 4.09. The number of aryl methyl sites for hydroxylation is 1. The van der Waals surface area contributed by atoms with Gasteiger partial charge in [-0.2, -0.15) is 0 Å². The summed E-state index contributed by atoms with van der Waals surface area (Å²) in [4.78, 5) is 13.9. The van der Waals surface area contributed by atoms with Gasteiger partial charge in [-0.3, -0.25) is 4.79 Å². The molecular formula is C19H19F5N2O. The lowest BCUT2D eigenvalue weighted by Gasteiger charge is -2.23. The summed E-state index contributed by atoms with van der Waals surface area (Å²) in [7, 11) is 0. The molecule has 0 aliphatic carbocycles. The van der Waals surface area contributed by atoms with Crippen molar-refractivity contribution in [3.8, 4) is 0 Å². The monoisotopic (exact) mass is 386 g/mol. The number of halogens is 5. The molecule has 2 rings (SSSR count). The fourth-order valence-electron chi connectivity index (χ4n) is 2.65. The number of likely N-dealkylation sites (N-methyl/N-ethyl adjacent to an activating group) is 1. The molecule has 0 fully saturated rings. The molecule has 0 unspecified atom stereocenters. The van der Waals surface area contributed by atoms with Crippen molar-refractivity contribution in [2.75, 3.05) is 24.5 Å². The zero-order chi connectivity index (χ0) is 20.1. The Morgan fingerprint density at radius 1 is 1.00 bits per heavy atom. The van der Waals surface area contributed by atoms with E-state index in [9.17, 15) is 26.7 Å². The molecule has 0 saturated carbocycles. The van der Waals surface area contributed by atoms with Crippen LogP contribution in [0.4, 0.5) is 27.6 Å². The summed E-state index contributed by atoms with van der Waals surface area (Å²) in [5, 5.41) is 2.44. The maximum atomic E-state index is 13.6. The minimum atomic E-state index is -2.24. The van der Waals surface area contributed by atoms with E-state index < -0.39 is 47.0 Å². The molecule has 3 nitrogen and oxygen atoms in total. The number of nitrogens with one attached hydrogen (secondary N) is 1. The number of hydrogen-bond acceptors (Lipinski definition) is 2. The van der Waals surface area contributed by atoms with Gasteiger partial charge in [-0.15, -0.1) is 0 Å². The Hall–Kier alpha value is -2.64. The summed E-state index contributed by atoms with van der Waals surface area (Å²) < 4.78 is 66.6. The number of carbonyl (C=O) groups is 1. The van der Waals surface area contributed by atoms with Gasteiger partial charge < -0.3 is 10.2 Å². The first-order chi connectivity index (χ1) is 12.8. The van der Waals surface area contributed by atoms with E-state index >= 15 is 0 Å². The van der Waals surface area contributed by atoms with Crippen LogP contribution < -0.4 is 10.2 Å². The van der Waals surface area contributed by atoms with Crippen LogP contribution in [0, 0.1) is 36.0 Å². The fourth-order valence-corrected chi connectivity index (χ4v) is 2.65. The largest absolute Gasteiger partial charge is 0.370 e. The highest BCUT2D eigenvalue weighted by atomic mass is 19.2. The molecule has 1 N–H and O–H groups in total. The number of anilines is 1. The molecule has 2 aromatic rings. The minimum Gasteiger partial charge on any atom is -0.370 e. The predicted octanol–water partition coefficient (Wildman–Crippen LogP) is 3.88. The second-order valence-corrected chi connectivity index (χ2v) is 5.99. The number of rotatable bonds is 7. The van der Waals surface area contributed by atoms with Crippen LogP contribution in [0.2, 0.25) is 0 Å². The highest BCUT2D eigenvalue weighted by Crippen LogP contribution is 2.23. The molecule has 0 bridgehead atoms. The maximum absolute atomic E-state index is 13.6. The number of benzene rings is 2. The molecule has 0 radical (unpaired) electrons. The first kappa shape index (κ1) is 20.7. The molecule has 0 spiro atoms. The molecule has 0 atom stereocenters. The van der Waals surface area contributed by atoms with Crippen LogP contribution in [0.5, 0.6) is 0 Å². The SMILES string of the molecule is CCN(CCNC(=O)Cc1c(F)c(F)c(F)c(F)c1F)c1cccc(C)c1. The van der Waals surface area contributed by atoms with Crippen molar-refractivity contribution in [1.82, 2.24) is 5.32 Å². The van der Waals surface area contributed by atoms with Gasteiger partial charge in [-0.25, -0.2) is 22.0 Å². The molecule has 27 heavy (non-hydrogen) atoms. The first-order valence-electron chi connectivity index (χ1n) is 8.34. The number of nitrogens with zero attached hydrogens (tertiary/aromatic N) is 1. The van der Waals surface area contributed by atoms with Crippen LogP contribution in [-0.2, 0) is 11.2 Å². The smallest absolute Gasteiger partial charge is 0.224 e. The van der Waals surface area contributed by atoms with Crippen LogP contribution in [0.3, 0.4) is 0 Å². The molecule has 8 heteroatoms. The van der Waals surface area contributed by atoms with Crippen LogP contribution in [0.25, 0.3) is 0 Å². The lowest BCUT2D eigenvalue weighted by Crippen LogP contribution is -2.36. The molecular weight excluding hydrogens is 367 g/mol. The molecule has 2 aromatic carbocycles. The Morgan fingerprint density at radius 3 is 2.15 bits per heavy atom. The van der Waals surface area contributed by atoms with Gasteiger partial charge in [0.25, 0.3) is 0 Å². The Kier molecular flexibility index (Phi) is 6.76. The van der Waals surface area contributed by atoms with Crippen molar-refractivity contribution in [2.45, 2.75) is 20.3 Å². The number of amides is 1. The average molecular weight is 386 g/mol. The van der Waals surface area contributed by atoms with Crippen molar-refractivity contribution < 1.29 is 26.7 Å². The van der Waals surface area contributed by atoms with Gasteiger partial charge >= 0.3 is 0 Å². The normalized spacial score (nSPS) is 10.8. The number of carbonyl (C=O) groups excluding carboxylic acids is 1. The van der Waals surface area contributed by atoms with E-state index in [2.05, 4.69) is 5.32 Å². The Labute approximate surface area is 153 Å². The summed E-state index contributed by atoms with van der Waals surface area (Å²) in [6.45, 7) is 5.11. The highest BCUT2D eigenvalue weighted by molar-refractivity contribution is 5.78. The molecule has 0 aliphatic heterocycles. The second-order valence-electron chi connectivity index (χ2n) is 5.99. The predicted molar refractivity (Wildman–Crippen MR) is 92.0 cm³/mol. The average Bonchev–Trinajstić information content (AvgIpc) is 2.65. The van der Waals surface area contributed by atoms with Crippen LogP contribution >= 0.6 is 0 Å². The Balaban J connectivity index is 1.99. The van der Waals surface area contributed by atoms with Crippen LogP contribution in [-0.4, -0.2) is 25.5 Å². The highest BCUT2D eigenvalue weighted by Gasteiger charge is 2.26. The third kappa shape index (κ3) is 4.75. The third-order valence-corrected chi connectivity index (χ3v) is 4.09. The lowest BCUT2D eigenvalue weighted by atomic mass is 10.1. The molecule has 0 aliphatic rings. The number of hydrogen-bond donors (Lipinski definition) is 1. The standard InChI is InChI=1S/C19H19F5N2O/c1-3-26(12-6-4-5-11(2)9-12)8-7-25-14(27)10-13-15(20)17(22)19(24)18(23)16(13)21/h4-6,9H,3,7-8,10H2,1-2H3,(H,25,27). The van der Waals surface area contributed by atoms with E-state index in [1.54, 1.807) is 0 Å². The summed E-state index contributed by atoms with van der Waals surface area (Å²) in [5.41, 5.74) is 0.878. The van der Waals surface area contributed by atoms with E-state index in [0.717, 1.165) is 11.3 Å². The van der Waals surface area contributed by atoms with Crippen molar-refractivity contribution in [1.29, 1.82) is 0 Å². The Bertz CT molecular complexity index is 812. The maximum Gasteiger partial charge on any atom is 0.224 e. The van der Waals surface area contributed by atoms with Crippen LogP contribution in [0.15, 0.2) is 24.3 Å². The van der Waals surface area contributed by atoms with E-state index in [-0.39, 0.29) is 6.54 Å². The minimum absolute atomic E-state index is 0.149. The molecule has 0 aromatic heterocycles. The van der Waals surface area contributed by atoms with E-state index in [1.807, 2.05) is 43.0 Å². The van der Waals surface area contributed by atoms with Gasteiger partial charge in [0.2, 0.25) is 11.7 Å². The zero-order valence-corrected chi connectivity index (χ0v) is 14.9. The lowest BCUT2D eigenvalue weighted by molar-refractivity contribution is -0.120. The van der Waals surface area contributed by atoms with Gasteiger partial charge in [0, 0.05) is 30.9 Å². The molecule has 0 saturated heterocycles. The summed E-state index contributed by atoms with van der Waals surface area (Å²) >= 11 is 0. The van der Waals surface area contributed by atoms with E-state index in [4.69, 9.17) is 0 Å². The quantitative estimate of drug-likeness (QED) is 0.445. The zero-order valence-electron chi connectivity index (χ0n) is 14.9. The molecule has 146 valence electrons. The van der Waals surface area contributed by atoms with Crippen LogP contribution in [0.1, 0.15) is 18.1 Å². The van der Waals surface area contributed by atoms with Crippen molar-refractivity contribution >= 4 is 11.6 Å². The second kappa shape index (κ2) is 8.83. The van der Waals surface area contributed by atoms with Crippen molar-refractivity contribution in [3.63, 3.8) is 0 Å². The van der Waals surface area contributed by atoms with Gasteiger partial charge in [0.1, 0.15) is 0 Å². The van der Waals surface area contributed by atoms with E-state index in [0.29, 0.717) is 13.1 Å². The first-order valence-corrected chi connectivity index (χ1v) is 8.34.